The number of nitriles is 1. The van der Waals surface area contributed by atoms with Crippen LogP contribution in [0.15, 0.2) is 54.6 Å². The third-order valence-electron chi connectivity index (χ3n) is 6.60. The van der Waals surface area contributed by atoms with E-state index in [0.29, 0.717) is 29.9 Å². The van der Waals surface area contributed by atoms with Gasteiger partial charge in [-0.1, -0.05) is 42.5 Å². The summed E-state index contributed by atoms with van der Waals surface area (Å²) in [7, 11) is 0. The Hall–Kier alpha value is -3.72. The summed E-state index contributed by atoms with van der Waals surface area (Å²) < 4.78 is 8.17. The molecule has 2 aromatic heterocycles. The van der Waals surface area contributed by atoms with E-state index < -0.39 is 0 Å². The van der Waals surface area contributed by atoms with Gasteiger partial charge in [0.25, 0.3) is 0 Å². The molecule has 0 N–H and O–H groups in total. The van der Waals surface area contributed by atoms with Crippen LogP contribution in [0, 0.1) is 11.3 Å². The van der Waals surface area contributed by atoms with E-state index >= 15 is 0 Å². The largest absolute Gasteiger partial charge is 0.472 e. The predicted molar refractivity (Wildman–Crippen MR) is 116 cm³/mol. The van der Waals surface area contributed by atoms with Gasteiger partial charge < -0.3 is 4.74 Å². The highest BCUT2D eigenvalue weighted by Gasteiger charge is 2.39. The smallest absolute Gasteiger partial charge is 0.236 e. The molecule has 2 aromatic carbocycles. The van der Waals surface area contributed by atoms with Gasteiger partial charge in [-0.25, -0.2) is 0 Å². The Bertz CT molecular complexity index is 1310. The first-order valence-electron chi connectivity index (χ1n) is 10.8. The van der Waals surface area contributed by atoms with Gasteiger partial charge in [-0.2, -0.15) is 9.78 Å². The molecule has 1 fully saturated rings. The predicted octanol–water partition coefficient (Wildman–Crippen LogP) is 5.00. The summed E-state index contributed by atoms with van der Waals surface area (Å²) in [5.41, 5.74) is 5.93. The van der Waals surface area contributed by atoms with Crippen molar-refractivity contribution in [2.75, 3.05) is 0 Å². The number of ether oxygens (including phenoxy) is 1. The van der Waals surface area contributed by atoms with Crippen LogP contribution in [0.2, 0.25) is 0 Å². The minimum Gasteiger partial charge on any atom is -0.472 e. The SMILES string of the molecule is N#Cc1cccc(COc2nn3c(-c4ccccc4)nnc3c3c2C2CCC3CC2)c1. The molecule has 1 saturated carbocycles. The minimum absolute atomic E-state index is 0.376. The van der Waals surface area contributed by atoms with Gasteiger partial charge in [-0.15, -0.1) is 15.3 Å². The van der Waals surface area contributed by atoms with Crippen molar-refractivity contribution in [3.63, 3.8) is 0 Å². The second-order valence-corrected chi connectivity index (χ2v) is 8.41. The van der Waals surface area contributed by atoms with Gasteiger partial charge in [0.1, 0.15) is 6.61 Å². The normalized spacial score (nSPS) is 19.2. The summed E-state index contributed by atoms with van der Waals surface area (Å²) in [4.78, 5) is 0. The van der Waals surface area contributed by atoms with E-state index in [4.69, 9.17) is 9.84 Å². The van der Waals surface area contributed by atoms with Crippen molar-refractivity contribution in [3.05, 3.63) is 76.9 Å². The first-order chi connectivity index (χ1) is 15.3. The third-order valence-corrected chi connectivity index (χ3v) is 6.60. The van der Waals surface area contributed by atoms with Crippen molar-refractivity contribution in [1.82, 2.24) is 19.8 Å². The average Bonchev–Trinajstić information content (AvgIpc) is 3.28. The maximum absolute atomic E-state index is 9.19. The highest BCUT2D eigenvalue weighted by molar-refractivity contribution is 5.65. The molecule has 0 radical (unpaired) electrons. The molecule has 6 heteroatoms. The molecule has 0 atom stereocenters. The van der Waals surface area contributed by atoms with Gasteiger partial charge >= 0.3 is 0 Å². The van der Waals surface area contributed by atoms with Crippen molar-refractivity contribution in [1.29, 1.82) is 5.26 Å². The highest BCUT2D eigenvalue weighted by Crippen LogP contribution is 2.53. The van der Waals surface area contributed by atoms with E-state index in [1.807, 2.05) is 53.0 Å². The van der Waals surface area contributed by atoms with Crippen LogP contribution >= 0.6 is 0 Å². The standard InChI is InChI=1S/C25H21N5O/c26-14-16-5-4-6-17(13-16)15-31-25-22-19-11-9-18(10-12-19)21(22)24-28-27-23(30(24)29-25)20-7-2-1-3-8-20/h1-8,13,18-19H,9-12,15H2. The van der Waals surface area contributed by atoms with Crippen LogP contribution < -0.4 is 4.74 Å². The first-order valence-corrected chi connectivity index (χ1v) is 10.8. The van der Waals surface area contributed by atoms with Crippen LogP contribution in [-0.2, 0) is 6.61 Å². The Morgan fingerprint density at radius 2 is 1.71 bits per heavy atom. The van der Waals surface area contributed by atoms with Crippen LogP contribution in [-0.4, -0.2) is 19.8 Å². The lowest BCUT2D eigenvalue weighted by Gasteiger charge is -2.38. The molecule has 0 saturated heterocycles. The monoisotopic (exact) mass is 407 g/mol. The van der Waals surface area contributed by atoms with Crippen molar-refractivity contribution < 1.29 is 4.74 Å². The van der Waals surface area contributed by atoms with E-state index in [2.05, 4.69) is 16.3 Å². The zero-order valence-electron chi connectivity index (χ0n) is 17.0. The van der Waals surface area contributed by atoms with Crippen LogP contribution in [0.1, 0.15) is 59.8 Å². The molecule has 0 unspecified atom stereocenters. The minimum atomic E-state index is 0.376. The lowest BCUT2D eigenvalue weighted by Crippen LogP contribution is -2.25. The molecule has 0 aliphatic heterocycles. The highest BCUT2D eigenvalue weighted by atomic mass is 16.5. The summed E-state index contributed by atoms with van der Waals surface area (Å²) in [5.74, 6) is 2.37. The second kappa shape index (κ2) is 7.21. The van der Waals surface area contributed by atoms with Crippen LogP contribution in [0.4, 0.5) is 0 Å². The summed E-state index contributed by atoms with van der Waals surface area (Å²) in [6, 6.07) is 19.8. The molecule has 3 aliphatic rings. The number of benzene rings is 2. The van der Waals surface area contributed by atoms with Crippen molar-refractivity contribution >= 4 is 5.65 Å². The van der Waals surface area contributed by atoms with Crippen LogP contribution in [0.5, 0.6) is 5.88 Å². The van der Waals surface area contributed by atoms with Crippen molar-refractivity contribution in [2.45, 2.75) is 44.1 Å². The van der Waals surface area contributed by atoms with E-state index in [-0.39, 0.29) is 0 Å². The van der Waals surface area contributed by atoms with Gasteiger partial charge in [0, 0.05) is 16.7 Å². The fraction of sp³-hybridized carbons (Fsp3) is 0.280. The molecule has 6 nitrogen and oxygen atoms in total. The summed E-state index contributed by atoms with van der Waals surface area (Å²) in [6.07, 6.45) is 4.73. The van der Waals surface area contributed by atoms with Crippen LogP contribution in [0.3, 0.4) is 0 Å². The van der Waals surface area contributed by atoms with Gasteiger partial charge in [-0.05, 0) is 55.2 Å². The van der Waals surface area contributed by atoms with Gasteiger partial charge in [-0.3, -0.25) is 0 Å². The Morgan fingerprint density at radius 1 is 0.935 bits per heavy atom. The summed E-state index contributed by atoms with van der Waals surface area (Å²) in [5, 5.41) is 23.2. The van der Waals surface area contributed by atoms with Crippen molar-refractivity contribution in [3.8, 4) is 23.3 Å². The number of aromatic nitrogens is 4. The second-order valence-electron chi connectivity index (χ2n) is 8.41. The molecule has 3 aliphatic carbocycles. The van der Waals surface area contributed by atoms with E-state index in [1.165, 1.54) is 36.8 Å². The molecule has 31 heavy (non-hydrogen) atoms. The molecule has 152 valence electrons. The maximum atomic E-state index is 9.19. The zero-order valence-corrected chi connectivity index (χ0v) is 17.0. The Labute approximate surface area is 180 Å². The molecule has 0 spiro atoms. The molecular weight excluding hydrogens is 386 g/mol. The van der Waals surface area contributed by atoms with Gasteiger partial charge in [0.15, 0.2) is 11.5 Å². The molecule has 2 heterocycles. The van der Waals surface area contributed by atoms with Crippen LogP contribution in [0.25, 0.3) is 17.0 Å². The summed E-state index contributed by atoms with van der Waals surface area (Å²) >= 11 is 0. The topological polar surface area (TPSA) is 76.1 Å². The van der Waals surface area contributed by atoms with E-state index in [1.54, 1.807) is 6.07 Å². The number of fused-ring (bicyclic) bond motifs is 3. The summed E-state index contributed by atoms with van der Waals surface area (Å²) in [6.45, 7) is 0.376. The Morgan fingerprint density at radius 3 is 2.48 bits per heavy atom. The zero-order chi connectivity index (χ0) is 20.8. The number of rotatable bonds is 4. The quantitative estimate of drug-likeness (QED) is 0.476. The molecule has 4 aromatic rings. The number of hydrogen-bond donors (Lipinski definition) is 0. The maximum Gasteiger partial charge on any atom is 0.236 e. The lowest BCUT2D eigenvalue weighted by molar-refractivity contribution is 0.268. The lowest BCUT2D eigenvalue weighted by atomic mass is 9.67. The third kappa shape index (κ3) is 2.97. The molecule has 7 rings (SSSR count). The van der Waals surface area contributed by atoms with Gasteiger partial charge in [0.2, 0.25) is 5.88 Å². The first kappa shape index (κ1) is 18.1. The van der Waals surface area contributed by atoms with Crippen molar-refractivity contribution in [2.24, 2.45) is 0 Å². The fourth-order valence-corrected chi connectivity index (χ4v) is 5.15. The van der Waals surface area contributed by atoms with Gasteiger partial charge in [0.05, 0.1) is 11.6 Å². The fourth-order valence-electron chi connectivity index (χ4n) is 5.15. The van der Waals surface area contributed by atoms with E-state index in [9.17, 15) is 5.26 Å². The number of nitrogens with zero attached hydrogens (tertiary/aromatic N) is 5. The number of hydrogen-bond acceptors (Lipinski definition) is 5. The Balaban J connectivity index is 1.48. The average molecular weight is 407 g/mol. The van der Waals surface area contributed by atoms with E-state index in [0.717, 1.165) is 22.6 Å². The molecular formula is C25H21N5O. The Kier molecular flexibility index (Phi) is 4.20. The molecule has 0 amide bonds. The molecule has 2 bridgehead atoms.